The minimum absolute atomic E-state index is 0. The van der Waals surface area contributed by atoms with E-state index in [4.69, 9.17) is 14.2 Å². The summed E-state index contributed by atoms with van der Waals surface area (Å²) >= 11 is 0. The Hall–Kier alpha value is -3.21. The summed E-state index contributed by atoms with van der Waals surface area (Å²) in [7, 11) is 3.38. The van der Waals surface area contributed by atoms with E-state index in [2.05, 4.69) is 59.5 Å². The molecule has 4 nitrogen and oxygen atoms in total. The lowest BCUT2D eigenvalue weighted by Gasteiger charge is -2.26. The quantitative estimate of drug-likeness (QED) is 0.224. The van der Waals surface area contributed by atoms with Gasteiger partial charge in [-0.3, -0.25) is 0 Å². The molecule has 5 heteroatoms. The van der Waals surface area contributed by atoms with Gasteiger partial charge in [0.25, 0.3) is 0 Å². The predicted octanol–water partition coefficient (Wildman–Crippen LogP) is 8.16. The van der Waals surface area contributed by atoms with E-state index in [1.807, 2.05) is 24.3 Å². The standard InChI is InChI=1S/C32H35NO3.ClH/c1-34-27-15-10-25(11-16-27)30-18-12-26-23-29(35-2)17-19-31(26)32(30)36-28-13-8-24(9-14-28)7-6-22-33-20-4-3-5-21-33;/h8-19,23H,3-7,20-22H2,1-2H3;1H. The molecule has 0 aromatic heterocycles. The van der Waals surface area contributed by atoms with Gasteiger partial charge in [-0.15, -0.1) is 12.4 Å². The molecule has 37 heavy (non-hydrogen) atoms. The molecule has 0 aliphatic carbocycles. The highest BCUT2D eigenvalue weighted by Crippen LogP contribution is 2.41. The third-order valence-electron chi connectivity index (χ3n) is 7.11. The maximum Gasteiger partial charge on any atom is 0.143 e. The van der Waals surface area contributed by atoms with Gasteiger partial charge in [0.2, 0.25) is 0 Å². The Morgan fingerprint density at radius 2 is 1.38 bits per heavy atom. The van der Waals surface area contributed by atoms with Crippen LogP contribution in [0.15, 0.2) is 78.9 Å². The molecule has 0 saturated carbocycles. The van der Waals surface area contributed by atoms with E-state index in [0.29, 0.717) is 0 Å². The number of fused-ring (bicyclic) bond motifs is 1. The second-order valence-electron chi connectivity index (χ2n) is 9.51. The van der Waals surface area contributed by atoms with Crippen LogP contribution in [0.1, 0.15) is 31.2 Å². The first-order valence-corrected chi connectivity index (χ1v) is 13.0. The summed E-state index contributed by atoms with van der Waals surface area (Å²) in [5.74, 6) is 3.35. The molecule has 4 aromatic carbocycles. The van der Waals surface area contributed by atoms with Gasteiger partial charge in [-0.1, -0.05) is 36.8 Å². The number of likely N-dealkylation sites (tertiary alicyclic amines) is 1. The molecule has 194 valence electrons. The first kappa shape index (κ1) is 26.8. The third-order valence-corrected chi connectivity index (χ3v) is 7.11. The van der Waals surface area contributed by atoms with Crippen LogP contribution in [0.5, 0.6) is 23.0 Å². The van der Waals surface area contributed by atoms with Crippen LogP contribution in [0, 0.1) is 0 Å². The minimum atomic E-state index is 0. The van der Waals surface area contributed by atoms with Crippen LogP contribution in [-0.2, 0) is 6.42 Å². The molecule has 4 aromatic rings. The molecule has 0 radical (unpaired) electrons. The van der Waals surface area contributed by atoms with Crippen molar-refractivity contribution in [2.75, 3.05) is 33.9 Å². The summed E-state index contributed by atoms with van der Waals surface area (Å²) in [6.07, 6.45) is 6.40. The van der Waals surface area contributed by atoms with Crippen molar-refractivity contribution in [1.82, 2.24) is 4.90 Å². The number of nitrogens with zero attached hydrogens (tertiary/aromatic N) is 1. The van der Waals surface area contributed by atoms with Gasteiger partial charge in [-0.2, -0.15) is 0 Å². The lowest BCUT2D eigenvalue weighted by molar-refractivity contribution is 0.226. The number of aryl methyl sites for hydroxylation is 1. The van der Waals surface area contributed by atoms with Crippen molar-refractivity contribution in [3.05, 3.63) is 84.4 Å². The number of ether oxygens (including phenoxy) is 3. The molecule has 0 bridgehead atoms. The van der Waals surface area contributed by atoms with Gasteiger partial charge in [0.1, 0.15) is 23.0 Å². The average molecular weight is 518 g/mol. The van der Waals surface area contributed by atoms with Crippen LogP contribution in [-0.4, -0.2) is 38.8 Å². The molecule has 0 N–H and O–H groups in total. The Morgan fingerprint density at radius 1 is 0.703 bits per heavy atom. The Morgan fingerprint density at radius 3 is 2.08 bits per heavy atom. The Labute approximate surface area is 226 Å². The molecule has 0 spiro atoms. The van der Waals surface area contributed by atoms with E-state index < -0.39 is 0 Å². The Kier molecular flexibility index (Phi) is 9.32. The van der Waals surface area contributed by atoms with Crippen LogP contribution < -0.4 is 14.2 Å². The summed E-state index contributed by atoms with van der Waals surface area (Å²) in [5.41, 5.74) is 3.48. The van der Waals surface area contributed by atoms with Gasteiger partial charge in [0, 0.05) is 10.9 Å². The number of methoxy groups -OCH3 is 2. The normalized spacial score (nSPS) is 13.7. The molecule has 0 atom stereocenters. The summed E-state index contributed by atoms with van der Waals surface area (Å²) in [4.78, 5) is 2.61. The highest BCUT2D eigenvalue weighted by Gasteiger charge is 2.14. The predicted molar refractivity (Wildman–Crippen MR) is 155 cm³/mol. The van der Waals surface area contributed by atoms with E-state index in [1.165, 1.54) is 50.9 Å². The first-order chi connectivity index (χ1) is 17.7. The lowest BCUT2D eigenvalue weighted by Crippen LogP contribution is -2.30. The fraction of sp³-hybridized carbons (Fsp3) is 0.312. The summed E-state index contributed by atoms with van der Waals surface area (Å²) in [6.45, 7) is 3.73. The lowest BCUT2D eigenvalue weighted by atomic mass is 9.99. The first-order valence-electron chi connectivity index (χ1n) is 13.0. The second-order valence-corrected chi connectivity index (χ2v) is 9.51. The number of hydrogen-bond acceptors (Lipinski definition) is 4. The summed E-state index contributed by atoms with van der Waals surface area (Å²) < 4.78 is 17.4. The van der Waals surface area contributed by atoms with E-state index in [1.54, 1.807) is 14.2 Å². The van der Waals surface area contributed by atoms with Crippen molar-refractivity contribution in [3.8, 4) is 34.1 Å². The number of rotatable bonds is 9. The average Bonchev–Trinajstić information content (AvgIpc) is 2.94. The molecule has 1 heterocycles. The molecular formula is C32H36ClNO3. The Balaban J connectivity index is 0.00000320. The molecule has 1 aliphatic heterocycles. The van der Waals surface area contributed by atoms with Crippen LogP contribution in [0.25, 0.3) is 21.9 Å². The fourth-order valence-corrected chi connectivity index (χ4v) is 5.05. The highest BCUT2D eigenvalue weighted by molar-refractivity contribution is 5.96. The molecule has 0 unspecified atom stereocenters. The zero-order chi connectivity index (χ0) is 24.7. The van der Waals surface area contributed by atoms with Gasteiger partial charge in [-0.25, -0.2) is 0 Å². The monoisotopic (exact) mass is 517 g/mol. The molecule has 0 amide bonds. The van der Waals surface area contributed by atoms with Crippen molar-refractivity contribution in [1.29, 1.82) is 0 Å². The zero-order valence-corrected chi connectivity index (χ0v) is 22.6. The fourth-order valence-electron chi connectivity index (χ4n) is 5.05. The van der Waals surface area contributed by atoms with Gasteiger partial charge in [-0.05, 0) is 110 Å². The topological polar surface area (TPSA) is 30.9 Å². The second kappa shape index (κ2) is 12.8. The molecule has 1 saturated heterocycles. The third kappa shape index (κ3) is 6.57. The zero-order valence-electron chi connectivity index (χ0n) is 21.7. The smallest absolute Gasteiger partial charge is 0.143 e. The summed E-state index contributed by atoms with van der Waals surface area (Å²) in [6, 6.07) is 27.0. The highest BCUT2D eigenvalue weighted by atomic mass is 35.5. The molecule has 5 rings (SSSR count). The largest absolute Gasteiger partial charge is 0.497 e. The van der Waals surface area contributed by atoms with Crippen molar-refractivity contribution in [2.24, 2.45) is 0 Å². The number of halogens is 1. The van der Waals surface area contributed by atoms with E-state index in [-0.39, 0.29) is 12.4 Å². The van der Waals surface area contributed by atoms with Gasteiger partial charge >= 0.3 is 0 Å². The number of hydrogen-bond donors (Lipinski definition) is 0. The van der Waals surface area contributed by atoms with Crippen LogP contribution in [0.3, 0.4) is 0 Å². The summed E-state index contributed by atoms with van der Waals surface area (Å²) in [5, 5.41) is 2.13. The van der Waals surface area contributed by atoms with Crippen LogP contribution in [0.2, 0.25) is 0 Å². The number of benzene rings is 4. The Bertz CT molecular complexity index is 1280. The maximum atomic E-state index is 6.58. The van der Waals surface area contributed by atoms with Gasteiger partial charge in [0.15, 0.2) is 0 Å². The van der Waals surface area contributed by atoms with Crippen molar-refractivity contribution >= 4 is 23.2 Å². The van der Waals surface area contributed by atoms with Gasteiger partial charge in [0.05, 0.1) is 14.2 Å². The van der Waals surface area contributed by atoms with E-state index >= 15 is 0 Å². The molecular weight excluding hydrogens is 482 g/mol. The van der Waals surface area contributed by atoms with E-state index in [0.717, 1.165) is 51.3 Å². The molecule has 1 aliphatic rings. The minimum Gasteiger partial charge on any atom is -0.497 e. The van der Waals surface area contributed by atoms with Crippen molar-refractivity contribution in [3.63, 3.8) is 0 Å². The van der Waals surface area contributed by atoms with Crippen molar-refractivity contribution in [2.45, 2.75) is 32.1 Å². The maximum absolute atomic E-state index is 6.58. The van der Waals surface area contributed by atoms with Crippen LogP contribution >= 0.6 is 12.4 Å². The number of piperidine rings is 1. The SMILES string of the molecule is COc1ccc(-c2ccc3cc(OC)ccc3c2Oc2ccc(CCCN3CCCCC3)cc2)cc1.Cl. The van der Waals surface area contributed by atoms with Crippen molar-refractivity contribution < 1.29 is 14.2 Å². The van der Waals surface area contributed by atoms with E-state index in [9.17, 15) is 0 Å². The molecule has 1 fully saturated rings. The van der Waals surface area contributed by atoms with Crippen LogP contribution in [0.4, 0.5) is 0 Å². The van der Waals surface area contributed by atoms with Gasteiger partial charge < -0.3 is 19.1 Å².